The second-order valence-electron chi connectivity index (χ2n) is 10.5. The molecule has 0 unspecified atom stereocenters. The van der Waals surface area contributed by atoms with Crippen LogP contribution in [0.5, 0.6) is 0 Å². The third-order valence-corrected chi connectivity index (χ3v) is 9.87. The van der Waals surface area contributed by atoms with Gasteiger partial charge in [-0.1, -0.05) is 81.1 Å². The van der Waals surface area contributed by atoms with E-state index in [2.05, 4.69) is 95.0 Å². The standard InChI is InChI=1S/C29H31NSSi/c1-18(2)15-20-11-12-24-25-13-14-30-27(29(25)31-28(24)19(20)3)22-16-21-9-7-8-10-23(21)26(17-22)32(4,5)6/h7-14,16-18H,15H2,1-6H3. The molecule has 5 rings (SSSR count). The number of hydrogen-bond donors (Lipinski definition) is 0. The van der Waals surface area contributed by atoms with Gasteiger partial charge in [0.15, 0.2) is 0 Å². The third-order valence-electron chi connectivity index (χ3n) is 6.49. The van der Waals surface area contributed by atoms with Crippen molar-refractivity contribution in [1.82, 2.24) is 4.98 Å². The Balaban J connectivity index is 1.79. The van der Waals surface area contributed by atoms with Crippen molar-refractivity contribution in [2.24, 2.45) is 5.92 Å². The molecule has 1 nitrogen and oxygen atoms in total. The molecule has 0 radical (unpaired) electrons. The molecule has 3 heteroatoms. The first-order valence-electron chi connectivity index (χ1n) is 11.6. The Morgan fingerprint density at radius 3 is 2.38 bits per heavy atom. The summed E-state index contributed by atoms with van der Waals surface area (Å²) in [5.41, 5.74) is 5.28. The quantitative estimate of drug-likeness (QED) is 0.249. The van der Waals surface area contributed by atoms with Crippen LogP contribution >= 0.6 is 11.3 Å². The maximum Gasteiger partial charge on any atom is 0.0880 e. The molecule has 0 bridgehead atoms. The van der Waals surface area contributed by atoms with E-state index >= 15 is 0 Å². The molecule has 0 aliphatic carbocycles. The first-order valence-corrected chi connectivity index (χ1v) is 15.9. The van der Waals surface area contributed by atoms with E-state index < -0.39 is 8.07 Å². The molecule has 0 amide bonds. The Bertz CT molecular complexity index is 1470. The summed E-state index contributed by atoms with van der Waals surface area (Å²) in [7, 11) is -1.52. The average molecular weight is 454 g/mol. The summed E-state index contributed by atoms with van der Waals surface area (Å²) in [6, 6.07) is 20.5. The minimum Gasteiger partial charge on any atom is -0.255 e. The molecule has 0 N–H and O–H groups in total. The Morgan fingerprint density at radius 2 is 1.62 bits per heavy atom. The molecule has 32 heavy (non-hydrogen) atoms. The lowest BCUT2D eigenvalue weighted by Crippen LogP contribution is -2.38. The van der Waals surface area contributed by atoms with Gasteiger partial charge in [0.2, 0.25) is 0 Å². The smallest absolute Gasteiger partial charge is 0.0880 e. The molecule has 0 spiro atoms. The van der Waals surface area contributed by atoms with Gasteiger partial charge in [0.25, 0.3) is 0 Å². The zero-order chi connectivity index (χ0) is 22.6. The van der Waals surface area contributed by atoms with Crippen LogP contribution in [0.25, 0.3) is 42.2 Å². The van der Waals surface area contributed by atoms with E-state index in [9.17, 15) is 0 Å². The normalized spacial score (nSPS) is 12.5. The van der Waals surface area contributed by atoms with Crippen molar-refractivity contribution in [2.45, 2.75) is 46.8 Å². The van der Waals surface area contributed by atoms with Crippen molar-refractivity contribution < 1.29 is 0 Å². The van der Waals surface area contributed by atoms with Crippen LogP contribution < -0.4 is 5.19 Å². The summed E-state index contributed by atoms with van der Waals surface area (Å²) in [5, 5.41) is 6.92. The van der Waals surface area contributed by atoms with Crippen LogP contribution in [0, 0.1) is 12.8 Å². The molecule has 0 aliphatic rings. The van der Waals surface area contributed by atoms with Crippen LogP contribution in [0.4, 0.5) is 0 Å². The van der Waals surface area contributed by atoms with Gasteiger partial charge in [-0.15, -0.1) is 11.3 Å². The van der Waals surface area contributed by atoms with Crippen LogP contribution in [0.2, 0.25) is 19.6 Å². The molecular weight excluding hydrogens is 422 g/mol. The van der Waals surface area contributed by atoms with E-state index in [1.807, 2.05) is 17.5 Å². The van der Waals surface area contributed by atoms with E-state index in [0.717, 1.165) is 12.1 Å². The highest BCUT2D eigenvalue weighted by atomic mass is 32.1. The van der Waals surface area contributed by atoms with Crippen molar-refractivity contribution >= 4 is 55.5 Å². The molecule has 3 aromatic carbocycles. The third kappa shape index (κ3) is 3.58. The fourth-order valence-electron chi connectivity index (χ4n) is 4.88. The largest absolute Gasteiger partial charge is 0.255 e. The first kappa shape index (κ1) is 21.4. The predicted molar refractivity (Wildman–Crippen MR) is 146 cm³/mol. The molecule has 0 aliphatic heterocycles. The maximum absolute atomic E-state index is 4.93. The van der Waals surface area contributed by atoms with E-state index in [0.29, 0.717) is 5.92 Å². The number of fused-ring (bicyclic) bond motifs is 4. The fraction of sp³-hybridized carbons (Fsp3) is 0.276. The molecule has 0 saturated carbocycles. The van der Waals surface area contributed by atoms with Gasteiger partial charge >= 0.3 is 0 Å². The molecule has 162 valence electrons. The van der Waals surface area contributed by atoms with E-state index in [1.165, 1.54) is 52.8 Å². The number of benzene rings is 3. The minimum atomic E-state index is -1.52. The Hall–Kier alpha value is -2.49. The second kappa shape index (κ2) is 7.82. The molecule has 0 saturated heterocycles. The van der Waals surface area contributed by atoms with E-state index in [-0.39, 0.29) is 0 Å². The van der Waals surface area contributed by atoms with E-state index in [4.69, 9.17) is 4.98 Å². The fourth-order valence-corrected chi connectivity index (χ4v) is 7.83. The van der Waals surface area contributed by atoms with Crippen LogP contribution in [0.15, 0.2) is 60.8 Å². The van der Waals surface area contributed by atoms with Gasteiger partial charge < -0.3 is 0 Å². The van der Waals surface area contributed by atoms with Crippen LogP contribution in [-0.4, -0.2) is 13.1 Å². The zero-order valence-corrected chi connectivity index (χ0v) is 21.7. The SMILES string of the molecule is Cc1c(CC(C)C)ccc2c1sc1c(-c3cc([Si](C)(C)C)c4ccccc4c3)nccc12. The van der Waals surface area contributed by atoms with Crippen molar-refractivity contribution in [3.8, 4) is 11.3 Å². The van der Waals surface area contributed by atoms with Gasteiger partial charge in [0, 0.05) is 27.2 Å². The lowest BCUT2D eigenvalue weighted by atomic mass is 9.97. The summed E-state index contributed by atoms with van der Waals surface area (Å²) < 4.78 is 2.72. The minimum absolute atomic E-state index is 0.662. The average Bonchev–Trinajstić information content (AvgIpc) is 3.13. The molecular formula is C29H31NSSi. The Labute approximate surface area is 196 Å². The van der Waals surface area contributed by atoms with Gasteiger partial charge in [-0.25, -0.2) is 0 Å². The highest BCUT2D eigenvalue weighted by Gasteiger charge is 2.22. The maximum atomic E-state index is 4.93. The number of pyridine rings is 1. The molecule has 0 atom stereocenters. The predicted octanol–water partition coefficient (Wildman–Crippen LogP) is 8.32. The summed E-state index contributed by atoms with van der Waals surface area (Å²) >= 11 is 1.92. The number of aryl methyl sites for hydroxylation is 1. The van der Waals surface area contributed by atoms with Gasteiger partial charge in [-0.3, -0.25) is 4.98 Å². The molecule has 2 aromatic heterocycles. The number of thiophene rings is 1. The van der Waals surface area contributed by atoms with Crippen molar-refractivity contribution in [2.75, 3.05) is 0 Å². The Morgan fingerprint density at radius 1 is 0.875 bits per heavy atom. The zero-order valence-electron chi connectivity index (χ0n) is 19.9. The first-order chi connectivity index (χ1) is 15.2. The van der Waals surface area contributed by atoms with Gasteiger partial charge in [0.05, 0.1) is 18.5 Å². The molecule has 0 fully saturated rings. The topological polar surface area (TPSA) is 12.9 Å². The number of hydrogen-bond acceptors (Lipinski definition) is 2. The highest BCUT2D eigenvalue weighted by Crippen LogP contribution is 2.41. The van der Waals surface area contributed by atoms with Gasteiger partial charge in [-0.2, -0.15) is 0 Å². The number of aromatic nitrogens is 1. The van der Waals surface area contributed by atoms with Crippen molar-refractivity contribution in [3.63, 3.8) is 0 Å². The Kier molecular flexibility index (Phi) is 5.22. The molecule has 2 heterocycles. The summed E-state index contributed by atoms with van der Waals surface area (Å²) in [6.07, 6.45) is 3.12. The van der Waals surface area contributed by atoms with E-state index in [1.54, 1.807) is 0 Å². The van der Waals surface area contributed by atoms with Crippen molar-refractivity contribution in [1.29, 1.82) is 0 Å². The van der Waals surface area contributed by atoms with Crippen LogP contribution in [-0.2, 0) is 6.42 Å². The second-order valence-corrected chi connectivity index (χ2v) is 16.5. The lowest BCUT2D eigenvalue weighted by molar-refractivity contribution is 0.645. The number of nitrogens with zero attached hydrogens (tertiary/aromatic N) is 1. The van der Waals surface area contributed by atoms with Crippen LogP contribution in [0.3, 0.4) is 0 Å². The van der Waals surface area contributed by atoms with Crippen molar-refractivity contribution in [3.05, 3.63) is 71.9 Å². The summed E-state index contributed by atoms with van der Waals surface area (Å²) in [6.45, 7) is 14.2. The van der Waals surface area contributed by atoms with Gasteiger partial charge in [0.1, 0.15) is 0 Å². The lowest BCUT2D eigenvalue weighted by Gasteiger charge is -2.21. The highest BCUT2D eigenvalue weighted by molar-refractivity contribution is 7.26. The molecule has 5 aromatic rings. The monoisotopic (exact) mass is 453 g/mol. The summed E-state index contributed by atoms with van der Waals surface area (Å²) in [5.74, 6) is 0.662. The number of rotatable bonds is 4. The summed E-state index contributed by atoms with van der Waals surface area (Å²) in [4.78, 5) is 4.93. The van der Waals surface area contributed by atoms with Gasteiger partial charge in [-0.05, 0) is 53.3 Å². The van der Waals surface area contributed by atoms with Crippen LogP contribution in [0.1, 0.15) is 25.0 Å².